The van der Waals surface area contributed by atoms with Crippen LogP contribution in [0.5, 0.6) is 0 Å². The Bertz CT molecular complexity index is 1160. The molecule has 0 unspecified atom stereocenters. The average Bonchev–Trinajstić information content (AvgIpc) is 3.30. The average molecular weight is 518 g/mol. The number of piperazine rings is 1. The standard InChI is InChI=1S/C26H27Cl3N4O/c27-18-6-9-21(10-7-18)33-17-24(30-25(33)22-11-8-19(28)16-23(22)29)26(34)32-14-12-31(13-15-32)20-4-2-1-3-5-20/h6-11,16-17,20H,1-5,12-15H2. The van der Waals surface area contributed by atoms with Crippen molar-refractivity contribution >= 4 is 40.7 Å². The minimum absolute atomic E-state index is 0.0534. The van der Waals surface area contributed by atoms with Gasteiger partial charge in [-0.05, 0) is 55.3 Å². The highest BCUT2D eigenvalue weighted by Gasteiger charge is 2.29. The molecule has 178 valence electrons. The molecule has 0 bridgehead atoms. The zero-order valence-corrected chi connectivity index (χ0v) is 21.2. The van der Waals surface area contributed by atoms with Crippen LogP contribution in [0.2, 0.25) is 15.1 Å². The maximum Gasteiger partial charge on any atom is 0.274 e. The minimum atomic E-state index is -0.0534. The molecule has 34 heavy (non-hydrogen) atoms. The number of hydrogen-bond acceptors (Lipinski definition) is 3. The zero-order valence-electron chi connectivity index (χ0n) is 18.9. The number of nitrogens with zero attached hydrogens (tertiary/aromatic N) is 4. The molecule has 1 aromatic heterocycles. The summed E-state index contributed by atoms with van der Waals surface area (Å²) >= 11 is 18.7. The fourth-order valence-corrected chi connectivity index (χ4v) is 5.66. The molecule has 2 heterocycles. The molecule has 1 aliphatic heterocycles. The fraction of sp³-hybridized carbons (Fsp3) is 0.385. The van der Waals surface area contributed by atoms with Crippen molar-refractivity contribution in [3.8, 4) is 17.1 Å². The second-order valence-corrected chi connectivity index (χ2v) is 10.3. The van der Waals surface area contributed by atoms with Crippen molar-refractivity contribution in [2.75, 3.05) is 26.2 Å². The molecule has 2 fully saturated rings. The van der Waals surface area contributed by atoms with E-state index >= 15 is 0 Å². The van der Waals surface area contributed by atoms with E-state index in [1.54, 1.807) is 18.3 Å². The molecular weight excluding hydrogens is 491 g/mol. The highest BCUT2D eigenvalue weighted by Crippen LogP contribution is 2.32. The molecule has 1 amide bonds. The number of hydrogen-bond donors (Lipinski definition) is 0. The van der Waals surface area contributed by atoms with Gasteiger partial charge < -0.3 is 4.90 Å². The fourth-order valence-electron chi connectivity index (χ4n) is 5.04. The molecule has 2 aliphatic rings. The van der Waals surface area contributed by atoms with Gasteiger partial charge in [0.15, 0.2) is 0 Å². The van der Waals surface area contributed by atoms with Gasteiger partial charge in [-0.3, -0.25) is 14.3 Å². The predicted molar refractivity (Wildman–Crippen MR) is 138 cm³/mol. The zero-order chi connectivity index (χ0) is 23.7. The van der Waals surface area contributed by atoms with Crippen LogP contribution in [0.1, 0.15) is 42.6 Å². The Balaban J connectivity index is 1.41. The molecular formula is C26H27Cl3N4O. The first-order valence-corrected chi connectivity index (χ1v) is 13.0. The van der Waals surface area contributed by atoms with E-state index in [-0.39, 0.29) is 5.91 Å². The summed E-state index contributed by atoms with van der Waals surface area (Å²) in [6.45, 7) is 3.29. The molecule has 2 aromatic carbocycles. The van der Waals surface area contributed by atoms with Crippen LogP contribution in [0.25, 0.3) is 17.1 Å². The molecule has 1 aliphatic carbocycles. The summed E-state index contributed by atoms with van der Waals surface area (Å²) in [5.74, 6) is 0.538. The van der Waals surface area contributed by atoms with Crippen LogP contribution in [-0.2, 0) is 0 Å². The third-order valence-electron chi connectivity index (χ3n) is 6.89. The van der Waals surface area contributed by atoms with Crippen molar-refractivity contribution in [2.24, 2.45) is 0 Å². The van der Waals surface area contributed by atoms with Crippen molar-refractivity contribution in [3.05, 3.63) is 69.4 Å². The van der Waals surface area contributed by atoms with E-state index in [0.717, 1.165) is 31.9 Å². The van der Waals surface area contributed by atoms with Gasteiger partial charge in [-0.2, -0.15) is 0 Å². The van der Waals surface area contributed by atoms with E-state index in [0.29, 0.717) is 38.2 Å². The van der Waals surface area contributed by atoms with Crippen LogP contribution in [0, 0.1) is 0 Å². The molecule has 3 aromatic rings. The maximum absolute atomic E-state index is 13.5. The van der Waals surface area contributed by atoms with Crippen molar-refractivity contribution in [1.82, 2.24) is 19.4 Å². The molecule has 5 rings (SSSR count). The molecule has 0 spiro atoms. The lowest BCUT2D eigenvalue weighted by Gasteiger charge is -2.40. The number of aromatic nitrogens is 2. The lowest BCUT2D eigenvalue weighted by molar-refractivity contribution is 0.0519. The first kappa shape index (κ1) is 23.7. The van der Waals surface area contributed by atoms with E-state index in [1.165, 1.54) is 32.1 Å². The summed E-state index contributed by atoms with van der Waals surface area (Å²) in [5.41, 5.74) is 1.96. The molecule has 0 atom stereocenters. The first-order valence-electron chi connectivity index (χ1n) is 11.8. The highest BCUT2D eigenvalue weighted by atomic mass is 35.5. The van der Waals surface area contributed by atoms with Gasteiger partial charge in [-0.25, -0.2) is 4.98 Å². The number of carbonyl (C=O) groups is 1. The molecule has 0 N–H and O–H groups in total. The summed E-state index contributed by atoms with van der Waals surface area (Å²) in [6, 6.07) is 13.4. The third-order valence-corrected chi connectivity index (χ3v) is 7.69. The number of halogens is 3. The Morgan fingerprint density at radius 2 is 1.53 bits per heavy atom. The summed E-state index contributed by atoms with van der Waals surface area (Å²) in [5, 5.41) is 1.67. The van der Waals surface area contributed by atoms with Gasteiger partial charge in [0.1, 0.15) is 11.5 Å². The van der Waals surface area contributed by atoms with Crippen molar-refractivity contribution < 1.29 is 4.79 Å². The van der Waals surface area contributed by atoms with Gasteiger partial charge in [-0.1, -0.05) is 54.1 Å². The van der Waals surface area contributed by atoms with E-state index in [9.17, 15) is 4.79 Å². The number of rotatable bonds is 4. The Morgan fingerprint density at radius 1 is 0.853 bits per heavy atom. The Morgan fingerprint density at radius 3 is 2.21 bits per heavy atom. The van der Waals surface area contributed by atoms with Crippen LogP contribution >= 0.6 is 34.8 Å². The van der Waals surface area contributed by atoms with E-state index in [2.05, 4.69) is 4.90 Å². The normalized spacial score (nSPS) is 17.8. The largest absolute Gasteiger partial charge is 0.335 e. The quantitative estimate of drug-likeness (QED) is 0.392. The van der Waals surface area contributed by atoms with Gasteiger partial charge in [0.25, 0.3) is 5.91 Å². The Labute approximate surface area is 215 Å². The molecule has 1 saturated heterocycles. The van der Waals surface area contributed by atoms with Gasteiger partial charge >= 0.3 is 0 Å². The van der Waals surface area contributed by atoms with Crippen LogP contribution in [0.15, 0.2) is 48.7 Å². The Kier molecular flexibility index (Phi) is 7.16. The maximum atomic E-state index is 13.5. The van der Waals surface area contributed by atoms with Gasteiger partial charge in [0.05, 0.1) is 5.02 Å². The topological polar surface area (TPSA) is 41.4 Å². The van der Waals surface area contributed by atoms with Gasteiger partial charge in [0.2, 0.25) is 0 Å². The van der Waals surface area contributed by atoms with Crippen LogP contribution < -0.4 is 0 Å². The van der Waals surface area contributed by atoms with Crippen molar-refractivity contribution in [3.63, 3.8) is 0 Å². The lowest BCUT2D eigenvalue weighted by Crippen LogP contribution is -2.52. The summed E-state index contributed by atoms with van der Waals surface area (Å²) in [6.07, 6.45) is 8.35. The van der Waals surface area contributed by atoms with Crippen LogP contribution in [0.4, 0.5) is 0 Å². The van der Waals surface area contributed by atoms with Gasteiger partial charge in [-0.15, -0.1) is 0 Å². The SMILES string of the molecule is O=C(c1cn(-c2ccc(Cl)cc2)c(-c2ccc(Cl)cc2Cl)n1)N1CCN(C2CCCCC2)CC1. The number of benzene rings is 2. The summed E-state index contributed by atoms with van der Waals surface area (Å²) in [4.78, 5) is 22.7. The molecule has 0 radical (unpaired) electrons. The number of carbonyl (C=O) groups excluding carboxylic acids is 1. The van der Waals surface area contributed by atoms with Crippen molar-refractivity contribution in [1.29, 1.82) is 0 Å². The summed E-state index contributed by atoms with van der Waals surface area (Å²) < 4.78 is 1.89. The van der Waals surface area contributed by atoms with E-state index in [4.69, 9.17) is 39.8 Å². The second-order valence-electron chi connectivity index (χ2n) is 9.04. The predicted octanol–water partition coefficient (Wildman–Crippen LogP) is 6.59. The van der Waals surface area contributed by atoms with Crippen LogP contribution in [-0.4, -0.2) is 57.5 Å². The number of amides is 1. The second kappa shape index (κ2) is 10.3. The lowest BCUT2D eigenvalue weighted by atomic mass is 9.94. The van der Waals surface area contributed by atoms with E-state index < -0.39 is 0 Å². The third kappa shape index (κ3) is 4.99. The summed E-state index contributed by atoms with van der Waals surface area (Å²) in [7, 11) is 0. The van der Waals surface area contributed by atoms with E-state index in [1.807, 2.05) is 39.8 Å². The molecule has 8 heteroatoms. The van der Waals surface area contributed by atoms with Crippen LogP contribution in [0.3, 0.4) is 0 Å². The van der Waals surface area contributed by atoms with Crippen molar-refractivity contribution in [2.45, 2.75) is 38.1 Å². The smallest absolute Gasteiger partial charge is 0.274 e. The highest BCUT2D eigenvalue weighted by molar-refractivity contribution is 6.36. The first-order chi connectivity index (χ1) is 16.5. The monoisotopic (exact) mass is 516 g/mol. The van der Waals surface area contributed by atoms with Gasteiger partial charge in [0, 0.05) is 59.7 Å². The number of imidazole rings is 1. The Hall–Kier alpha value is -2.05. The molecule has 1 saturated carbocycles. The minimum Gasteiger partial charge on any atom is -0.335 e. The molecule has 5 nitrogen and oxygen atoms in total.